The maximum atomic E-state index is 13.7. The van der Waals surface area contributed by atoms with Gasteiger partial charge in [0.1, 0.15) is 6.04 Å². The second-order valence-corrected chi connectivity index (χ2v) is 12.2. The van der Waals surface area contributed by atoms with E-state index in [4.69, 9.17) is 11.6 Å². The van der Waals surface area contributed by atoms with Crippen molar-refractivity contribution < 1.29 is 19.6 Å². The minimum absolute atomic E-state index is 0.0580. The van der Waals surface area contributed by atoms with Gasteiger partial charge in [-0.25, -0.2) is 4.98 Å². The summed E-state index contributed by atoms with van der Waals surface area (Å²) in [5.41, 5.74) is 0.794. The summed E-state index contributed by atoms with van der Waals surface area (Å²) in [4.78, 5) is 44.1. The third kappa shape index (κ3) is 5.05. The zero-order valence-corrected chi connectivity index (χ0v) is 23.5. The van der Waals surface area contributed by atoms with E-state index in [1.54, 1.807) is 26.0 Å². The number of thioether (sulfide) groups is 1. The van der Waals surface area contributed by atoms with E-state index in [9.17, 15) is 24.8 Å². The zero-order valence-electron chi connectivity index (χ0n) is 20.3. The van der Waals surface area contributed by atoms with Gasteiger partial charge in [0, 0.05) is 16.8 Å². The molecular weight excluding hydrogens is 582 g/mol. The third-order valence-corrected chi connectivity index (χ3v) is 9.45. The maximum absolute atomic E-state index is 13.7. The molecule has 4 aromatic rings. The van der Waals surface area contributed by atoms with Crippen molar-refractivity contribution in [2.45, 2.75) is 30.0 Å². The van der Waals surface area contributed by atoms with Gasteiger partial charge in [0.05, 0.1) is 31.6 Å². The summed E-state index contributed by atoms with van der Waals surface area (Å²) in [6, 6.07) is 11.8. The highest BCUT2D eigenvalue weighted by molar-refractivity contribution is 8.00. The smallest absolute Gasteiger partial charge is 0.296 e. The molecule has 1 aliphatic heterocycles. The molecule has 0 aliphatic carbocycles. The lowest BCUT2D eigenvalue weighted by molar-refractivity contribution is -0.385. The van der Waals surface area contributed by atoms with Crippen LogP contribution in [0.15, 0.2) is 64.2 Å². The molecule has 1 N–H and O–H groups in total. The second kappa shape index (κ2) is 10.8. The standard InChI is InChI=1S/C25H18ClN5O5S3/c1-12-22(38-13(2)27-12)20(32)18-19(15-8-4-6-10-17(15)31(35)36)30(23(34)21(18)33)24-28-29-25(39-24)37-11-14-7-3-5-9-16(14)26/h3-10,19,33H,11H2,1-2H3. The highest BCUT2D eigenvalue weighted by atomic mass is 35.5. The van der Waals surface area contributed by atoms with Gasteiger partial charge >= 0.3 is 0 Å². The first-order valence-corrected chi connectivity index (χ1v) is 14.4. The van der Waals surface area contributed by atoms with Crippen molar-refractivity contribution in [3.05, 3.63) is 102 Å². The Hall–Kier alpha value is -3.65. The van der Waals surface area contributed by atoms with E-state index in [2.05, 4.69) is 15.2 Å². The predicted molar refractivity (Wildman–Crippen MR) is 150 cm³/mol. The van der Waals surface area contributed by atoms with E-state index < -0.39 is 28.4 Å². The number of ketones is 1. The number of aliphatic hydroxyl groups is 1. The molecule has 5 rings (SSSR count). The van der Waals surface area contributed by atoms with E-state index in [1.165, 1.54) is 30.0 Å². The summed E-state index contributed by atoms with van der Waals surface area (Å²) in [6.45, 7) is 3.38. The Balaban J connectivity index is 1.57. The minimum atomic E-state index is -1.30. The molecule has 0 bridgehead atoms. The molecule has 0 saturated carbocycles. The van der Waals surface area contributed by atoms with E-state index in [-0.39, 0.29) is 26.8 Å². The average molecular weight is 600 g/mol. The monoisotopic (exact) mass is 599 g/mol. The molecule has 10 nitrogen and oxygen atoms in total. The topological polar surface area (TPSA) is 139 Å². The van der Waals surface area contributed by atoms with Crippen molar-refractivity contribution in [1.82, 2.24) is 15.2 Å². The molecule has 198 valence electrons. The van der Waals surface area contributed by atoms with Crippen molar-refractivity contribution in [1.29, 1.82) is 0 Å². The summed E-state index contributed by atoms with van der Waals surface area (Å²) in [5.74, 6) is -1.84. The molecule has 1 amide bonds. The highest BCUT2D eigenvalue weighted by Gasteiger charge is 2.48. The number of anilines is 1. The Morgan fingerprint density at radius 2 is 1.87 bits per heavy atom. The summed E-state index contributed by atoms with van der Waals surface area (Å²) >= 11 is 9.78. The number of hydrogen-bond acceptors (Lipinski definition) is 11. The third-order valence-electron chi connectivity index (χ3n) is 5.90. The molecular formula is C25H18ClN5O5S3. The van der Waals surface area contributed by atoms with Gasteiger partial charge in [0.15, 0.2) is 10.1 Å². The van der Waals surface area contributed by atoms with Crippen molar-refractivity contribution in [3.63, 3.8) is 0 Å². The minimum Gasteiger partial charge on any atom is -0.503 e. The summed E-state index contributed by atoms with van der Waals surface area (Å²) in [5, 5.41) is 32.5. The molecule has 1 aliphatic rings. The number of nitro groups is 1. The van der Waals surface area contributed by atoms with Gasteiger partial charge in [-0.3, -0.25) is 24.6 Å². The number of aromatic nitrogens is 3. The number of Topliss-reactive ketones (excluding diaryl/α,β-unsaturated/α-hetero) is 1. The average Bonchev–Trinajstić information content (AvgIpc) is 3.59. The number of halogens is 1. The van der Waals surface area contributed by atoms with Crippen LogP contribution in [0.4, 0.5) is 10.8 Å². The number of thiazole rings is 1. The molecule has 1 unspecified atom stereocenters. The van der Waals surface area contributed by atoms with Crippen molar-refractivity contribution in [2.75, 3.05) is 4.90 Å². The van der Waals surface area contributed by atoms with E-state index in [1.807, 2.05) is 18.2 Å². The first kappa shape index (κ1) is 26.9. The van der Waals surface area contributed by atoms with Crippen LogP contribution in [0.3, 0.4) is 0 Å². The number of rotatable bonds is 8. The lowest BCUT2D eigenvalue weighted by Crippen LogP contribution is -2.31. The molecule has 1 atom stereocenters. The normalized spacial score (nSPS) is 15.3. The van der Waals surface area contributed by atoms with Gasteiger partial charge in [-0.2, -0.15) is 0 Å². The number of aryl methyl sites for hydroxylation is 2. The largest absolute Gasteiger partial charge is 0.503 e. The number of benzene rings is 2. The first-order valence-electron chi connectivity index (χ1n) is 11.4. The number of para-hydroxylation sites is 1. The van der Waals surface area contributed by atoms with Gasteiger partial charge in [0.2, 0.25) is 10.9 Å². The number of amides is 1. The van der Waals surface area contributed by atoms with Crippen LogP contribution in [0.5, 0.6) is 0 Å². The van der Waals surface area contributed by atoms with Crippen LogP contribution in [-0.4, -0.2) is 36.9 Å². The summed E-state index contributed by atoms with van der Waals surface area (Å²) < 4.78 is 0.507. The molecule has 0 saturated heterocycles. The van der Waals surface area contributed by atoms with Crippen LogP contribution in [0, 0.1) is 24.0 Å². The molecule has 0 radical (unpaired) electrons. The molecule has 2 aromatic heterocycles. The van der Waals surface area contributed by atoms with Crippen LogP contribution in [0.1, 0.15) is 37.5 Å². The summed E-state index contributed by atoms with van der Waals surface area (Å²) in [7, 11) is 0. The van der Waals surface area contributed by atoms with Gasteiger partial charge in [-0.1, -0.05) is 65.0 Å². The number of aliphatic hydroxyl groups excluding tert-OH is 1. The quantitative estimate of drug-likeness (QED) is 0.0818. The molecule has 39 heavy (non-hydrogen) atoms. The molecule has 0 spiro atoms. The van der Waals surface area contributed by atoms with Crippen LogP contribution in [0.25, 0.3) is 0 Å². The zero-order chi connectivity index (χ0) is 27.8. The second-order valence-electron chi connectivity index (χ2n) is 8.36. The SMILES string of the molecule is Cc1nc(C)c(C(=O)C2=C(O)C(=O)N(c3nnc(SCc4ccccc4Cl)s3)C2c2ccccc2[N+](=O)[O-])s1. The van der Waals surface area contributed by atoms with E-state index in [0.717, 1.165) is 33.1 Å². The number of nitro benzene ring substituents is 1. The fourth-order valence-corrected chi connectivity index (χ4v) is 7.22. The highest BCUT2D eigenvalue weighted by Crippen LogP contribution is 2.46. The predicted octanol–water partition coefficient (Wildman–Crippen LogP) is 6.25. The number of hydrogen-bond donors (Lipinski definition) is 1. The lowest BCUT2D eigenvalue weighted by Gasteiger charge is -2.23. The molecule has 0 fully saturated rings. The number of carbonyl (C=O) groups is 2. The number of nitrogens with zero attached hydrogens (tertiary/aromatic N) is 5. The van der Waals surface area contributed by atoms with Crippen LogP contribution >= 0.6 is 46.0 Å². The van der Waals surface area contributed by atoms with Crippen molar-refractivity contribution in [2.24, 2.45) is 0 Å². The Morgan fingerprint density at radius 3 is 2.56 bits per heavy atom. The summed E-state index contributed by atoms with van der Waals surface area (Å²) in [6.07, 6.45) is 0. The Kier molecular flexibility index (Phi) is 7.49. The van der Waals surface area contributed by atoms with Crippen LogP contribution < -0.4 is 4.90 Å². The van der Waals surface area contributed by atoms with Crippen LogP contribution in [-0.2, 0) is 10.5 Å². The van der Waals surface area contributed by atoms with Gasteiger partial charge < -0.3 is 5.11 Å². The number of carbonyl (C=O) groups excluding carboxylic acids is 2. The van der Waals surface area contributed by atoms with E-state index >= 15 is 0 Å². The first-order chi connectivity index (χ1) is 18.7. The Labute approximate surface area is 239 Å². The fourth-order valence-electron chi connectivity index (χ4n) is 4.19. The fraction of sp³-hybridized carbons (Fsp3) is 0.160. The Morgan fingerprint density at radius 1 is 1.15 bits per heavy atom. The van der Waals surface area contributed by atoms with Gasteiger partial charge in [-0.15, -0.1) is 21.5 Å². The van der Waals surface area contributed by atoms with E-state index in [0.29, 0.717) is 25.8 Å². The van der Waals surface area contributed by atoms with Crippen molar-refractivity contribution >= 4 is 68.5 Å². The van der Waals surface area contributed by atoms with Crippen molar-refractivity contribution in [3.8, 4) is 0 Å². The molecule has 2 aromatic carbocycles. The van der Waals surface area contributed by atoms with Crippen LogP contribution in [0.2, 0.25) is 5.02 Å². The molecule has 3 heterocycles. The van der Waals surface area contributed by atoms with Gasteiger partial charge in [-0.05, 0) is 31.5 Å². The van der Waals surface area contributed by atoms with Gasteiger partial charge in [0.25, 0.3) is 11.6 Å². The Bertz CT molecular complexity index is 1670. The lowest BCUT2D eigenvalue weighted by atomic mass is 9.94. The molecule has 14 heteroatoms. The maximum Gasteiger partial charge on any atom is 0.296 e.